The molecule has 0 saturated carbocycles. The molecule has 1 aliphatic heterocycles. The molecule has 0 spiro atoms. The first-order valence-corrected chi connectivity index (χ1v) is 7.17. The van der Waals surface area contributed by atoms with Crippen molar-refractivity contribution in [1.29, 1.82) is 0 Å². The molecule has 1 aromatic heterocycles. The summed E-state index contributed by atoms with van der Waals surface area (Å²) in [6.07, 6.45) is 2.17. The number of hydrogen-bond donors (Lipinski definition) is 2. The van der Waals surface area contributed by atoms with Crippen LogP contribution >= 0.6 is 11.3 Å². The minimum absolute atomic E-state index is 0.399. The molecule has 5 heteroatoms. The Morgan fingerprint density at radius 3 is 3.00 bits per heavy atom. The van der Waals surface area contributed by atoms with Crippen LogP contribution in [-0.4, -0.2) is 30.3 Å². The van der Waals surface area contributed by atoms with Crippen LogP contribution in [0.2, 0.25) is 0 Å². The Kier molecular flexibility index (Phi) is 4.74. The lowest BCUT2D eigenvalue weighted by atomic mass is 9.93. The predicted octanol–water partition coefficient (Wildman–Crippen LogP) is 2.35. The second-order valence-electron chi connectivity index (χ2n) is 4.70. The minimum atomic E-state index is -0.833. The molecule has 100 valence electrons. The summed E-state index contributed by atoms with van der Waals surface area (Å²) in [4.78, 5) is 11.4. The van der Waals surface area contributed by atoms with Crippen LogP contribution < -0.4 is 5.32 Å². The molecule has 1 atom stereocenters. The lowest BCUT2D eigenvalue weighted by molar-refractivity contribution is 0.0557. The van der Waals surface area contributed by atoms with Gasteiger partial charge in [0.05, 0.1) is 0 Å². The fraction of sp³-hybridized carbons (Fsp3) is 0.615. The van der Waals surface area contributed by atoms with Crippen molar-refractivity contribution in [2.75, 3.05) is 13.2 Å². The summed E-state index contributed by atoms with van der Waals surface area (Å²) in [6.45, 7) is 4.48. The molecule has 1 saturated heterocycles. The zero-order chi connectivity index (χ0) is 13.0. The van der Waals surface area contributed by atoms with Gasteiger partial charge in [-0.1, -0.05) is 0 Å². The van der Waals surface area contributed by atoms with Gasteiger partial charge in [-0.2, -0.15) is 0 Å². The average molecular weight is 269 g/mol. The fourth-order valence-corrected chi connectivity index (χ4v) is 3.08. The van der Waals surface area contributed by atoms with Crippen LogP contribution in [0.25, 0.3) is 0 Å². The molecule has 1 unspecified atom stereocenters. The second-order valence-corrected chi connectivity index (χ2v) is 5.62. The van der Waals surface area contributed by atoms with E-state index in [1.54, 1.807) is 0 Å². The van der Waals surface area contributed by atoms with Gasteiger partial charge in [-0.3, -0.25) is 0 Å². The van der Waals surface area contributed by atoms with Crippen LogP contribution in [0.1, 0.15) is 35.0 Å². The largest absolute Gasteiger partial charge is 0.477 e. The quantitative estimate of drug-likeness (QED) is 0.861. The molecule has 0 aromatic carbocycles. The average Bonchev–Trinajstić information content (AvgIpc) is 2.85. The molecular weight excluding hydrogens is 250 g/mol. The third-order valence-corrected chi connectivity index (χ3v) is 4.47. The van der Waals surface area contributed by atoms with Crippen LogP contribution in [0, 0.1) is 5.92 Å². The third-order valence-electron chi connectivity index (χ3n) is 3.53. The normalized spacial score (nSPS) is 18.7. The van der Waals surface area contributed by atoms with Crippen LogP contribution in [0.15, 0.2) is 11.4 Å². The maximum atomic E-state index is 11.0. The van der Waals surface area contributed by atoms with Gasteiger partial charge >= 0.3 is 5.97 Å². The highest BCUT2D eigenvalue weighted by molar-refractivity contribution is 7.12. The van der Waals surface area contributed by atoms with Gasteiger partial charge in [0.15, 0.2) is 0 Å². The fourth-order valence-electron chi connectivity index (χ4n) is 2.32. The van der Waals surface area contributed by atoms with Gasteiger partial charge in [-0.05, 0) is 42.7 Å². The Balaban J connectivity index is 1.86. The highest BCUT2D eigenvalue weighted by Crippen LogP contribution is 2.20. The Morgan fingerprint density at radius 2 is 2.33 bits per heavy atom. The SMILES string of the molecule is CC(NCc1ccsc1C(=O)O)C1CCOCC1. The van der Waals surface area contributed by atoms with E-state index in [9.17, 15) is 4.79 Å². The predicted molar refractivity (Wildman–Crippen MR) is 71.1 cm³/mol. The summed E-state index contributed by atoms with van der Waals surface area (Å²) < 4.78 is 5.35. The Bertz CT molecular complexity index is 399. The van der Waals surface area contributed by atoms with Crippen molar-refractivity contribution in [3.8, 4) is 0 Å². The number of nitrogens with one attached hydrogen (secondary N) is 1. The molecule has 2 rings (SSSR count). The summed E-state index contributed by atoms with van der Waals surface area (Å²) in [5.41, 5.74) is 0.881. The Morgan fingerprint density at radius 1 is 1.61 bits per heavy atom. The van der Waals surface area contributed by atoms with Gasteiger partial charge in [0.2, 0.25) is 0 Å². The standard InChI is InChI=1S/C13H19NO3S/c1-9(10-2-5-17-6-3-10)14-8-11-4-7-18-12(11)13(15)16/h4,7,9-10,14H,2-3,5-6,8H2,1H3,(H,15,16). The van der Waals surface area contributed by atoms with E-state index in [4.69, 9.17) is 9.84 Å². The van der Waals surface area contributed by atoms with Gasteiger partial charge in [0.1, 0.15) is 4.88 Å². The first kappa shape index (κ1) is 13.5. The number of aromatic carboxylic acids is 1. The van der Waals surface area contributed by atoms with Gasteiger partial charge in [0, 0.05) is 25.8 Å². The lowest BCUT2D eigenvalue weighted by Gasteiger charge is -2.28. The molecule has 0 radical (unpaired) electrons. The van der Waals surface area contributed by atoms with E-state index in [-0.39, 0.29) is 0 Å². The number of rotatable bonds is 5. The van der Waals surface area contributed by atoms with E-state index >= 15 is 0 Å². The first-order valence-electron chi connectivity index (χ1n) is 6.29. The molecule has 2 N–H and O–H groups in total. The smallest absolute Gasteiger partial charge is 0.346 e. The molecular formula is C13H19NO3S. The Hall–Kier alpha value is -0.910. The molecule has 0 bridgehead atoms. The maximum Gasteiger partial charge on any atom is 0.346 e. The van der Waals surface area contributed by atoms with Crippen molar-refractivity contribution in [1.82, 2.24) is 5.32 Å². The zero-order valence-corrected chi connectivity index (χ0v) is 11.3. The highest BCUT2D eigenvalue weighted by atomic mass is 32.1. The first-order chi connectivity index (χ1) is 8.68. The van der Waals surface area contributed by atoms with E-state index < -0.39 is 5.97 Å². The van der Waals surface area contributed by atoms with Crippen LogP contribution in [-0.2, 0) is 11.3 Å². The summed E-state index contributed by atoms with van der Waals surface area (Å²) in [5.74, 6) is -0.203. The van der Waals surface area contributed by atoms with Crippen LogP contribution in [0.3, 0.4) is 0 Å². The maximum absolute atomic E-state index is 11.0. The molecule has 1 aromatic rings. The van der Waals surface area contributed by atoms with Gasteiger partial charge in [0.25, 0.3) is 0 Å². The minimum Gasteiger partial charge on any atom is -0.477 e. The van der Waals surface area contributed by atoms with Crippen LogP contribution in [0.4, 0.5) is 0 Å². The zero-order valence-electron chi connectivity index (χ0n) is 10.5. The number of hydrogen-bond acceptors (Lipinski definition) is 4. The molecule has 0 amide bonds. The van der Waals surface area contributed by atoms with Gasteiger partial charge in [-0.15, -0.1) is 11.3 Å². The van der Waals surface area contributed by atoms with Crippen molar-refractivity contribution in [3.05, 3.63) is 21.9 Å². The van der Waals surface area contributed by atoms with E-state index in [0.29, 0.717) is 23.4 Å². The number of carboxylic acids is 1. The van der Waals surface area contributed by atoms with Gasteiger partial charge < -0.3 is 15.2 Å². The molecule has 0 aliphatic carbocycles. The molecule has 2 heterocycles. The van der Waals surface area contributed by atoms with Crippen molar-refractivity contribution < 1.29 is 14.6 Å². The number of carbonyl (C=O) groups is 1. The third kappa shape index (κ3) is 3.31. The van der Waals surface area contributed by atoms with Crippen LogP contribution in [0.5, 0.6) is 0 Å². The van der Waals surface area contributed by atoms with Crippen molar-refractivity contribution >= 4 is 17.3 Å². The number of ether oxygens (including phenoxy) is 1. The summed E-state index contributed by atoms with van der Waals surface area (Å²) >= 11 is 1.29. The van der Waals surface area contributed by atoms with E-state index in [2.05, 4.69) is 12.2 Å². The van der Waals surface area contributed by atoms with Crippen molar-refractivity contribution in [2.45, 2.75) is 32.4 Å². The van der Waals surface area contributed by atoms with Crippen molar-refractivity contribution in [3.63, 3.8) is 0 Å². The number of carboxylic acid groups (broad SMARTS) is 1. The lowest BCUT2D eigenvalue weighted by Crippen LogP contribution is -2.36. The molecule has 4 nitrogen and oxygen atoms in total. The Labute approximate surface area is 111 Å². The summed E-state index contributed by atoms with van der Waals surface area (Å²) in [7, 11) is 0. The molecule has 18 heavy (non-hydrogen) atoms. The number of thiophene rings is 1. The molecule has 1 fully saturated rings. The van der Waals surface area contributed by atoms with E-state index in [1.807, 2.05) is 11.4 Å². The second kappa shape index (κ2) is 6.31. The van der Waals surface area contributed by atoms with E-state index in [1.165, 1.54) is 11.3 Å². The summed E-state index contributed by atoms with van der Waals surface area (Å²) in [5, 5.41) is 14.3. The van der Waals surface area contributed by atoms with Crippen molar-refractivity contribution in [2.24, 2.45) is 5.92 Å². The summed E-state index contributed by atoms with van der Waals surface area (Å²) in [6, 6.07) is 2.29. The monoisotopic (exact) mass is 269 g/mol. The molecule has 1 aliphatic rings. The highest BCUT2D eigenvalue weighted by Gasteiger charge is 2.20. The van der Waals surface area contributed by atoms with Gasteiger partial charge in [-0.25, -0.2) is 4.79 Å². The van der Waals surface area contributed by atoms with E-state index in [0.717, 1.165) is 31.6 Å². The topological polar surface area (TPSA) is 58.6 Å².